The molecule has 1 aliphatic carbocycles. The molecule has 1 N–H and O–H groups in total. The number of aromatic nitrogens is 1. The number of para-hydroxylation sites is 1. The van der Waals surface area contributed by atoms with Crippen molar-refractivity contribution in [2.24, 2.45) is 11.3 Å². The lowest BCUT2D eigenvalue weighted by molar-refractivity contribution is -0.146. The van der Waals surface area contributed by atoms with Gasteiger partial charge >= 0.3 is 5.97 Å². The summed E-state index contributed by atoms with van der Waals surface area (Å²) in [6.07, 6.45) is 3.07. The molecular weight excluding hydrogens is 462 g/mol. The molecule has 1 saturated carbocycles. The number of esters is 1. The highest BCUT2D eigenvalue weighted by Gasteiger charge is 2.66. The summed E-state index contributed by atoms with van der Waals surface area (Å²) in [5, 5.41) is 3.51. The standard InChI is InChI=1S/C31H35N3O3/c1-20-6-4-7-26(29(20)37-18-22-14-21(2)25-11-13-32-12-10-23(25)15-22)27-8-5-9-28(33-27)34-17-24-16-31(24,19-34)30(35)36-3/h4-9,14-15,24,32H,10-13,16-19H2,1-3H3/t24-,31-/m0/s1. The number of benzene rings is 2. The van der Waals surface area contributed by atoms with Crippen LogP contribution in [0.25, 0.3) is 11.3 Å². The molecule has 0 bridgehead atoms. The molecule has 2 atom stereocenters. The van der Waals surface area contributed by atoms with Gasteiger partial charge in [0.2, 0.25) is 0 Å². The van der Waals surface area contributed by atoms with Gasteiger partial charge in [-0.2, -0.15) is 0 Å². The van der Waals surface area contributed by atoms with Crippen LogP contribution in [0.4, 0.5) is 5.82 Å². The van der Waals surface area contributed by atoms with E-state index in [1.54, 1.807) is 0 Å². The molecule has 2 aromatic carbocycles. The molecule has 0 spiro atoms. The summed E-state index contributed by atoms with van der Waals surface area (Å²) >= 11 is 0. The van der Waals surface area contributed by atoms with Gasteiger partial charge in [-0.15, -0.1) is 0 Å². The maximum absolute atomic E-state index is 12.3. The van der Waals surface area contributed by atoms with Crippen LogP contribution >= 0.6 is 0 Å². The molecule has 1 saturated heterocycles. The second kappa shape index (κ2) is 9.49. The fourth-order valence-electron chi connectivity index (χ4n) is 6.32. The zero-order valence-electron chi connectivity index (χ0n) is 22.0. The molecule has 37 heavy (non-hydrogen) atoms. The van der Waals surface area contributed by atoms with Gasteiger partial charge in [0, 0.05) is 18.7 Å². The van der Waals surface area contributed by atoms with E-state index in [2.05, 4.69) is 54.4 Å². The molecule has 3 aromatic rings. The number of fused-ring (bicyclic) bond motifs is 2. The molecular formula is C31H35N3O3. The summed E-state index contributed by atoms with van der Waals surface area (Å²) in [5.74, 6) is 2.05. The lowest BCUT2D eigenvalue weighted by Crippen LogP contribution is -2.29. The van der Waals surface area contributed by atoms with Crippen molar-refractivity contribution in [3.8, 4) is 17.0 Å². The number of nitrogens with one attached hydrogen (secondary N) is 1. The van der Waals surface area contributed by atoms with Crippen LogP contribution in [0.1, 0.15) is 34.2 Å². The topological polar surface area (TPSA) is 63.7 Å². The number of methoxy groups -OCH3 is 1. The summed E-state index contributed by atoms with van der Waals surface area (Å²) in [5.41, 5.74) is 8.11. The normalized spacial score (nSPS) is 22.1. The Kier molecular flexibility index (Phi) is 6.15. The Bertz CT molecular complexity index is 1350. The first kappa shape index (κ1) is 24.0. The maximum atomic E-state index is 12.3. The third-order valence-corrected chi connectivity index (χ3v) is 8.42. The van der Waals surface area contributed by atoms with Crippen LogP contribution in [0.2, 0.25) is 0 Å². The number of piperidine rings is 1. The first-order valence-electron chi connectivity index (χ1n) is 13.3. The minimum absolute atomic E-state index is 0.0881. The number of ether oxygens (including phenoxy) is 2. The monoisotopic (exact) mass is 497 g/mol. The van der Waals surface area contributed by atoms with Gasteiger partial charge in [0.05, 0.1) is 18.2 Å². The number of carbonyl (C=O) groups excluding carboxylic acids is 1. The predicted octanol–water partition coefficient (Wildman–Crippen LogP) is 4.63. The zero-order valence-corrected chi connectivity index (χ0v) is 22.0. The Hall–Kier alpha value is -3.38. The predicted molar refractivity (Wildman–Crippen MR) is 145 cm³/mol. The van der Waals surface area contributed by atoms with Crippen LogP contribution < -0.4 is 15.0 Å². The van der Waals surface area contributed by atoms with Gasteiger partial charge in [0.15, 0.2) is 0 Å². The van der Waals surface area contributed by atoms with E-state index in [0.29, 0.717) is 19.1 Å². The van der Waals surface area contributed by atoms with E-state index in [4.69, 9.17) is 14.5 Å². The van der Waals surface area contributed by atoms with Crippen molar-refractivity contribution in [3.05, 3.63) is 76.3 Å². The van der Waals surface area contributed by atoms with Crippen LogP contribution in [0.15, 0.2) is 48.5 Å². The Morgan fingerprint density at radius 3 is 2.81 bits per heavy atom. The molecule has 6 rings (SSSR count). The minimum Gasteiger partial charge on any atom is -0.488 e. The average Bonchev–Trinajstić information content (AvgIpc) is 3.57. The highest BCUT2D eigenvalue weighted by atomic mass is 16.5. The summed E-state index contributed by atoms with van der Waals surface area (Å²) in [6, 6.07) is 16.9. The van der Waals surface area contributed by atoms with Gasteiger partial charge in [-0.1, -0.05) is 30.3 Å². The van der Waals surface area contributed by atoms with Crippen molar-refractivity contribution < 1.29 is 14.3 Å². The van der Waals surface area contributed by atoms with Crippen LogP contribution in [0.5, 0.6) is 5.75 Å². The molecule has 6 nitrogen and oxygen atoms in total. The number of rotatable bonds is 6. The smallest absolute Gasteiger partial charge is 0.313 e. The SMILES string of the molecule is COC(=O)[C@]12C[C@H]1CN(c1cccc(-c3cccc(C)c3OCc3cc(C)c4c(c3)CCNCC4)n1)C2. The molecule has 3 heterocycles. The van der Waals surface area contributed by atoms with E-state index in [-0.39, 0.29) is 11.4 Å². The van der Waals surface area contributed by atoms with Crippen molar-refractivity contribution in [2.45, 2.75) is 39.7 Å². The van der Waals surface area contributed by atoms with Crippen molar-refractivity contribution >= 4 is 11.8 Å². The first-order valence-corrected chi connectivity index (χ1v) is 13.3. The van der Waals surface area contributed by atoms with Crippen molar-refractivity contribution in [2.75, 3.05) is 38.2 Å². The number of pyridine rings is 1. The largest absolute Gasteiger partial charge is 0.488 e. The Morgan fingerprint density at radius 1 is 1.11 bits per heavy atom. The molecule has 0 amide bonds. The zero-order chi connectivity index (χ0) is 25.6. The van der Waals surface area contributed by atoms with Gasteiger partial charge < -0.3 is 19.7 Å². The van der Waals surface area contributed by atoms with Gasteiger partial charge in [0.1, 0.15) is 18.2 Å². The van der Waals surface area contributed by atoms with Crippen LogP contribution in [-0.2, 0) is 29.0 Å². The van der Waals surface area contributed by atoms with Gasteiger partial charge in [0.25, 0.3) is 0 Å². The van der Waals surface area contributed by atoms with E-state index in [0.717, 1.165) is 67.3 Å². The maximum Gasteiger partial charge on any atom is 0.313 e. The quantitative estimate of drug-likeness (QED) is 0.501. The van der Waals surface area contributed by atoms with Crippen LogP contribution in [-0.4, -0.2) is 44.2 Å². The summed E-state index contributed by atoms with van der Waals surface area (Å²) in [6.45, 7) is 8.42. The number of carbonyl (C=O) groups is 1. The number of hydrogen-bond donors (Lipinski definition) is 1. The lowest BCUT2D eigenvalue weighted by Gasteiger charge is -2.22. The lowest BCUT2D eigenvalue weighted by atomic mass is 9.95. The molecule has 2 aliphatic heterocycles. The van der Waals surface area contributed by atoms with Crippen LogP contribution in [0, 0.1) is 25.2 Å². The van der Waals surface area contributed by atoms with Crippen molar-refractivity contribution in [1.82, 2.24) is 10.3 Å². The summed E-state index contributed by atoms with van der Waals surface area (Å²) in [4.78, 5) is 19.6. The molecule has 6 heteroatoms. The fourth-order valence-corrected chi connectivity index (χ4v) is 6.32. The van der Waals surface area contributed by atoms with E-state index in [1.165, 1.54) is 29.4 Å². The summed E-state index contributed by atoms with van der Waals surface area (Å²) in [7, 11) is 1.48. The molecule has 1 aromatic heterocycles. The summed E-state index contributed by atoms with van der Waals surface area (Å²) < 4.78 is 11.6. The fraction of sp³-hybridized carbons (Fsp3) is 0.419. The molecule has 3 aliphatic rings. The Morgan fingerprint density at radius 2 is 1.95 bits per heavy atom. The molecule has 2 fully saturated rings. The second-order valence-corrected chi connectivity index (χ2v) is 10.9. The van der Waals surface area contributed by atoms with Crippen molar-refractivity contribution in [1.29, 1.82) is 0 Å². The van der Waals surface area contributed by atoms with E-state index >= 15 is 0 Å². The van der Waals surface area contributed by atoms with E-state index in [1.807, 2.05) is 18.2 Å². The Balaban J connectivity index is 1.24. The number of nitrogens with zero attached hydrogens (tertiary/aromatic N) is 2. The van der Waals surface area contributed by atoms with E-state index in [9.17, 15) is 4.79 Å². The van der Waals surface area contributed by atoms with Crippen LogP contribution in [0.3, 0.4) is 0 Å². The molecule has 192 valence electrons. The van der Waals surface area contributed by atoms with E-state index < -0.39 is 0 Å². The number of anilines is 1. The molecule has 0 unspecified atom stereocenters. The third kappa shape index (κ3) is 4.37. The minimum atomic E-state index is -0.341. The van der Waals surface area contributed by atoms with Gasteiger partial charge in [-0.05, 0) is 98.1 Å². The highest BCUT2D eigenvalue weighted by molar-refractivity contribution is 5.83. The molecule has 0 radical (unpaired) electrons. The number of aryl methyl sites for hydroxylation is 2. The highest BCUT2D eigenvalue weighted by Crippen LogP contribution is 2.59. The van der Waals surface area contributed by atoms with Gasteiger partial charge in [-0.25, -0.2) is 4.98 Å². The first-order chi connectivity index (χ1) is 18.0. The second-order valence-electron chi connectivity index (χ2n) is 10.9. The van der Waals surface area contributed by atoms with Gasteiger partial charge in [-0.3, -0.25) is 4.79 Å². The Labute approximate surface area is 219 Å². The van der Waals surface area contributed by atoms with Crippen molar-refractivity contribution in [3.63, 3.8) is 0 Å². The third-order valence-electron chi connectivity index (χ3n) is 8.42. The average molecular weight is 498 g/mol. The number of hydrogen-bond acceptors (Lipinski definition) is 6.